The zero-order valence-corrected chi connectivity index (χ0v) is 12.8. The van der Waals surface area contributed by atoms with E-state index in [0.717, 1.165) is 0 Å². The molecule has 0 amide bonds. The number of benzene rings is 1. The predicted molar refractivity (Wildman–Crippen MR) is 75.5 cm³/mol. The van der Waals surface area contributed by atoms with Gasteiger partial charge < -0.3 is 10.5 Å². The first-order valence-corrected chi connectivity index (χ1v) is 7.78. The Bertz CT molecular complexity index is 532. The molecule has 0 fully saturated rings. The van der Waals surface area contributed by atoms with Crippen LogP contribution >= 0.6 is 0 Å². The third kappa shape index (κ3) is 4.24. The Labute approximate surface area is 119 Å². The second-order valence-electron chi connectivity index (χ2n) is 4.72. The van der Waals surface area contributed by atoms with E-state index in [0.29, 0.717) is 24.1 Å². The van der Waals surface area contributed by atoms with Crippen LogP contribution < -0.4 is 10.5 Å². The monoisotopic (exact) mass is 304 g/mol. The Morgan fingerprint density at radius 2 is 1.90 bits per heavy atom. The molecule has 1 unspecified atom stereocenters. The van der Waals surface area contributed by atoms with E-state index in [9.17, 15) is 12.8 Å². The van der Waals surface area contributed by atoms with Crippen molar-refractivity contribution in [2.75, 3.05) is 20.3 Å². The fourth-order valence-electron chi connectivity index (χ4n) is 2.18. The lowest BCUT2D eigenvalue weighted by molar-refractivity contribution is 0.172. The van der Waals surface area contributed by atoms with E-state index in [2.05, 4.69) is 4.72 Å². The van der Waals surface area contributed by atoms with E-state index in [-0.39, 0.29) is 11.5 Å². The maximum atomic E-state index is 13.2. The molecule has 1 aromatic carbocycles. The van der Waals surface area contributed by atoms with Crippen LogP contribution in [0.15, 0.2) is 17.0 Å². The van der Waals surface area contributed by atoms with Gasteiger partial charge in [-0.15, -0.1) is 0 Å². The van der Waals surface area contributed by atoms with Crippen molar-refractivity contribution in [2.24, 2.45) is 5.73 Å². The van der Waals surface area contributed by atoms with Gasteiger partial charge in [-0.3, -0.25) is 0 Å². The zero-order chi connectivity index (χ0) is 15.3. The van der Waals surface area contributed by atoms with Crippen molar-refractivity contribution < 1.29 is 17.5 Å². The molecule has 1 rings (SSSR count). The highest BCUT2D eigenvalue weighted by molar-refractivity contribution is 7.89. The second kappa shape index (κ2) is 7.12. The molecule has 0 aliphatic heterocycles. The summed E-state index contributed by atoms with van der Waals surface area (Å²) < 4.78 is 45.6. The lowest BCUT2D eigenvalue weighted by Gasteiger charge is -2.19. The molecule has 0 spiro atoms. The highest BCUT2D eigenvalue weighted by Gasteiger charge is 2.23. The van der Waals surface area contributed by atoms with Crippen molar-refractivity contribution in [3.8, 4) is 0 Å². The predicted octanol–water partition coefficient (Wildman–Crippen LogP) is 1.08. The molecule has 0 bridgehead atoms. The summed E-state index contributed by atoms with van der Waals surface area (Å²) >= 11 is 0. The van der Waals surface area contributed by atoms with E-state index in [4.69, 9.17) is 10.5 Å². The summed E-state index contributed by atoms with van der Waals surface area (Å²) in [5, 5.41) is 0. The van der Waals surface area contributed by atoms with Gasteiger partial charge in [-0.1, -0.05) is 0 Å². The van der Waals surface area contributed by atoms with E-state index in [1.165, 1.54) is 19.2 Å². The summed E-state index contributed by atoms with van der Waals surface area (Å²) in [4.78, 5) is 0.108. The third-order valence-electron chi connectivity index (χ3n) is 2.90. The maximum Gasteiger partial charge on any atom is 0.241 e. The van der Waals surface area contributed by atoms with Crippen LogP contribution in [-0.4, -0.2) is 34.7 Å². The number of nitrogens with one attached hydrogen (secondary N) is 1. The van der Waals surface area contributed by atoms with Gasteiger partial charge in [0.05, 0.1) is 11.5 Å². The highest BCUT2D eigenvalue weighted by atomic mass is 32.2. The summed E-state index contributed by atoms with van der Waals surface area (Å²) in [6.07, 6.45) is 0.465. The van der Waals surface area contributed by atoms with Crippen molar-refractivity contribution in [1.29, 1.82) is 0 Å². The Hall–Kier alpha value is -1.02. The fourth-order valence-corrected chi connectivity index (χ4v) is 3.89. The maximum absolute atomic E-state index is 13.2. The van der Waals surface area contributed by atoms with Gasteiger partial charge in [0.1, 0.15) is 5.82 Å². The quantitative estimate of drug-likeness (QED) is 0.790. The number of hydrogen-bond donors (Lipinski definition) is 2. The van der Waals surface area contributed by atoms with Crippen molar-refractivity contribution in [3.63, 3.8) is 0 Å². The highest BCUT2D eigenvalue weighted by Crippen LogP contribution is 2.21. The molecule has 0 radical (unpaired) electrons. The lowest BCUT2D eigenvalue weighted by atomic mass is 10.1. The minimum atomic E-state index is -3.73. The number of halogens is 1. The molecular formula is C13H21FN2O3S. The van der Waals surface area contributed by atoms with Gasteiger partial charge in [0.25, 0.3) is 0 Å². The minimum absolute atomic E-state index is 0.108. The van der Waals surface area contributed by atoms with Crippen molar-refractivity contribution in [3.05, 3.63) is 29.1 Å². The van der Waals surface area contributed by atoms with Crippen LogP contribution in [0.4, 0.5) is 4.39 Å². The Morgan fingerprint density at radius 3 is 2.35 bits per heavy atom. The molecule has 0 saturated heterocycles. The van der Waals surface area contributed by atoms with Crippen LogP contribution in [0.5, 0.6) is 0 Å². The van der Waals surface area contributed by atoms with E-state index < -0.39 is 21.9 Å². The standard InChI is InChI=1S/C13H21FN2O3S/c1-9-6-11(14)7-10(2)13(9)20(17,18)16-12(4-5-15)8-19-3/h6-7,12,16H,4-5,8,15H2,1-3H3. The normalized spacial score (nSPS) is 13.4. The topological polar surface area (TPSA) is 81.4 Å². The number of nitrogens with two attached hydrogens (primary N) is 1. The molecule has 1 aromatic rings. The molecule has 0 aliphatic carbocycles. The molecule has 0 aliphatic rings. The summed E-state index contributed by atoms with van der Waals surface area (Å²) in [5.41, 5.74) is 6.20. The summed E-state index contributed by atoms with van der Waals surface area (Å²) in [6.45, 7) is 3.71. The van der Waals surface area contributed by atoms with Gasteiger partial charge in [0.2, 0.25) is 10.0 Å². The average molecular weight is 304 g/mol. The average Bonchev–Trinajstić information content (AvgIpc) is 2.26. The number of aryl methyl sites for hydroxylation is 2. The molecule has 0 saturated carbocycles. The SMILES string of the molecule is COCC(CCN)NS(=O)(=O)c1c(C)cc(F)cc1C. The molecule has 5 nitrogen and oxygen atoms in total. The van der Waals surface area contributed by atoms with Gasteiger partial charge in [0.15, 0.2) is 0 Å². The number of sulfonamides is 1. The molecule has 114 valence electrons. The fraction of sp³-hybridized carbons (Fsp3) is 0.538. The number of ether oxygens (including phenoxy) is 1. The summed E-state index contributed by atoms with van der Waals surface area (Å²) in [5.74, 6) is -0.450. The van der Waals surface area contributed by atoms with Crippen LogP contribution in [-0.2, 0) is 14.8 Å². The van der Waals surface area contributed by atoms with Gasteiger partial charge in [-0.05, 0) is 50.1 Å². The lowest BCUT2D eigenvalue weighted by Crippen LogP contribution is -2.39. The zero-order valence-electron chi connectivity index (χ0n) is 11.9. The molecule has 7 heteroatoms. The Balaban J connectivity index is 3.10. The molecule has 0 heterocycles. The van der Waals surface area contributed by atoms with Crippen molar-refractivity contribution in [2.45, 2.75) is 31.2 Å². The largest absolute Gasteiger partial charge is 0.383 e. The van der Waals surface area contributed by atoms with E-state index in [1.807, 2.05) is 0 Å². The van der Waals surface area contributed by atoms with Crippen molar-refractivity contribution >= 4 is 10.0 Å². The molecule has 3 N–H and O–H groups in total. The number of rotatable bonds is 7. The van der Waals surface area contributed by atoms with E-state index in [1.54, 1.807) is 13.8 Å². The Morgan fingerprint density at radius 1 is 1.35 bits per heavy atom. The van der Waals surface area contributed by atoms with Gasteiger partial charge in [-0.2, -0.15) is 0 Å². The minimum Gasteiger partial charge on any atom is -0.383 e. The van der Waals surface area contributed by atoms with Crippen molar-refractivity contribution in [1.82, 2.24) is 4.72 Å². The molecular weight excluding hydrogens is 283 g/mol. The van der Waals surface area contributed by atoms with E-state index >= 15 is 0 Å². The van der Waals surface area contributed by atoms with Crippen LogP contribution in [0, 0.1) is 19.7 Å². The van der Waals surface area contributed by atoms with Gasteiger partial charge >= 0.3 is 0 Å². The van der Waals surface area contributed by atoms with Gasteiger partial charge in [-0.25, -0.2) is 17.5 Å². The smallest absolute Gasteiger partial charge is 0.241 e. The van der Waals surface area contributed by atoms with Crippen LogP contribution in [0.1, 0.15) is 17.5 Å². The molecule has 20 heavy (non-hydrogen) atoms. The van der Waals surface area contributed by atoms with Crippen LogP contribution in [0.2, 0.25) is 0 Å². The van der Waals surface area contributed by atoms with Crippen LogP contribution in [0.25, 0.3) is 0 Å². The second-order valence-corrected chi connectivity index (χ2v) is 6.37. The van der Waals surface area contributed by atoms with Crippen LogP contribution in [0.3, 0.4) is 0 Å². The first kappa shape index (κ1) is 17.0. The summed E-state index contributed by atoms with van der Waals surface area (Å²) in [7, 11) is -2.24. The first-order chi connectivity index (χ1) is 9.31. The molecule has 1 atom stereocenters. The summed E-state index contributed by atoms with van der Waals surface area (Å²) in [6, 6.07) is 2.00. The molecule has 0 aromatic heterocycles. The Kier molecular flexibility index (Phi) is 6.07. The number of hydrogen-bond acceptors (Lipinski definition) is 4. The number of methoxy groups -OCH3 is 1. The first-order valence-electron chi connectivity index (χ1n) is 6.30. The third-order valence-corrected chi connectivity index (χ3v) is 4.72. The van der Waals surface area contributed by atoms with Gasteiger partial charge in [0, 0.05) is 13.2 Å².